The second-order valence-corrected chi connectivity index (χ2v) is 6.09. The van der Waals surface area contributed by atoms with Gasteiger partial charge in [-0.3, -0.25) is 0 Å². The molecule has 2 aromatic rings. The van der Waals surface area contributed by atoms with E-state index in [4.69, 9.17) is 14.9 Å². The summed E-state index contributed by atoms with van der Waals surface area (Å²) in [5.41, 5.74) is 8.12. The van der Waals surface area contributed by atoms with Crippen LogP contribution in [0, 0.1) is 6.92 Å². The lowest BCUT2D eigenvalue weighted by Gasteiger charge is -2.20. The Balaban J connectivity index is 2.06. The van der Waals surface area contributed by atoms with Crippen LogP contribution >= 0.6 is 0 Å². The van der Waals surface area contributed by atoms with E-state index in [1.165, 1.54) is 5.56 Å². The van der Waals surface area contributed by atoms with E-state index in [9.17, 15) is 0 Å². The molecule has 0 saturated heterocycles. The van der Waals surface area contributed by atoms with Gasteiger partial charge in [0.1, 0.15) is 23.9 Å². The maximum atomic E-state index is 5.81. The second kappa shape index (κ2) is 5.71. The summed E-state index contributed by atoms with van der Waals surface area (Å²) in [4.78, 5) is 0. The highest BCUT2D eigenvalue weighted by molar-refractivity contribution is 5.38. The normalized spacial score (nSPS) is 11.7. The molecule has 1 aromatic carbocycles. The number of furan rings is 1. The minimum Gasteiger partial charge on any atom is -0.485 e. The molecule has 0 saturated carbocycles. The molecule has 2 rings (SSSR count). The summed E-state index contributed by atoms with van der Waals surface area (Å²) >= 11 is 0. The fourth-order valence-corrected chi connectivity index (χ4v) is 2.04. The molecular formula is C17H23NO2. The first-order chi connectivity index (χ1) is 9.40. The van der Waals surface area contributed by atoms with Crippen molar-refractivity contribution in [2.45, 2.75) is 46.3 Å². The van der Waals surface area contributed by atoms with Gasteiger partial charge >= 0.3 is 0 Å². The van der Waals surface area contributed by atoms with E-state index >= 15 is 0 Å². The van der Waals surface area contributed by atoms with Crippen LogP contribution in [0.4, 0.5) is 0 Å². The molecule has 0 fully saturated rings. The lowest BCUT2D eigenvalue weighted by Crippen LogP contribution is -2.11. The van der Waals surface area contributed by atoms with Gasteiger partial charge in [-0.2, -0.15) is 0 Å². The lowest BCUT2D eigenvalue weighted by atomic mass is 9.86. The second-order valence-electron chi connectivity index (χ2n) is 6.09. The molecule has 1 aromatic heterocycles. The maximum Gasteiger partial charge on any atom is 0.146 e. The number of nitrogens with two attached hydrogens (primary N) is 1. The van der Waals surface area contributed by atoms with Gasteiger partial charge in [-0.25, -0.2) is 0 Å². The minimum atomic E-state index is 0.153. The van der Waals surface area contributed by atoms with Crippen LogP contribution in [-0.2, 0) is 18.6 Å². The van der Waals surface area contributed by atoms with Crippen LogP contribution in [0.15, 0.2) is 34.7 Å². The summed E-state index contributed by atoms with van der Waals surface area (Å²) in [6.45, 7) is 9.53. The minimum absolute atomic E-state index is 0.153. The van der Waals surface area contributed by atoms with Crippen molar-refractivity contribution in [3.05, 3.63) is 53.0 Å². The van der Waals surface area contributed by atoms with Crippen molar-refractivity contribution in [2.75, 3.05) is 0 Å². The van der Waals surface area contributed by atoms with Crippen molar-refractivity contribution in [1.29, 1.82) is 0 Å². The number of rotatable bonds is 4. The maximum absolute atomic E-state index is 5.81. The van der Waals surface area contributed by atoms with Crippen molar-refractivity contribution < 1.29 is 9.15 Å². The van der Waals surface area contributed by atoms with Gasteiger partial charge in [0, 0.05) is 0 Å². The molecule has 20 heavy (non-hydrogen) atoms. The molecule has 3 nitrogen and oxygen atoms in total. The van der Waals surface area contributed by atoms with Crippen molar-refractivity contribution >= 4 is 0 Å². The molecule has 0 bridgehead atoms. The highest BCUT2D eigenvalue weighted by Crippen LogP contribution is 2.28. The molecular weight excluding hydrogens is 250 g/mol. The molecule has 0 atom stereocenters. The van der Waals surface area contributed by atoms with Crippen molar-refractivity contribution in [2.24, 2.45) is 5.73 Å². The molecule has 2 N–H and O–H groups in total. The van der Waals surface area contributed by atoms with Gasteiger partial charge < -0.3 is 14.9 Å². The zero-order valence-electron chi connectivity index (χ0n) is 12.7. The Hall–Kier alpha value is -1.74. The molecule has 0 aliphatic carbocycles. The van der Waals surface area contributed by atoms with E-state index in [0.29, 0.717) is 13.2 Å². The molecule has 0 aliphatic heterocycles. The van der Waals surface area contributed by atoms with Gasteiger partial charge in [-0.15, -0.1) is 0 Å². The average molecular weight is 273 g/mol. The lowest BCUT2D eigenvalue weighted by molar-refractivity contribution is 0.264. The number of ether oxygens (including phenoxy) is 1. The zero-order chi connectivity index (χ0) is 14.8. The zero-order valence-corrected chi connectivity index (χ0v) is 12.7. The van der Waals surface area contributed by atoms with Gasteiger partial charge in [0.05, 0.1) is 6.54 Å². The van der Waals surface area contributed by atoms with E-state index in [2.05, 4.69) is 39.8 Å². The molecule has 0 aliphatic rings. The molecule has 0 amide bonds. The summed E-state index contributed by atoms with van der Waals surface area (Å²) in [5, 5.41) is 0. The van der Waals surface area contributed by atoms with Gasteiger partial charge in [-0.1, -0.05) is 32.9 Å². The smallest absolute Gasteiger partial charge is 0.146 e. The topological polar surface area (TPSA) is 48.4 Å². The van der Waals surface area contributed by atoms with Crippen LogP contribution in [0.1, 0.15) is 43.4 Å². The third-order valence-corrected chi connectivity index (χ3v) is 3.33. The van der Waals surface area contributed by atoms with E-state index in [0.717, 1.165) is 22.8 Å². The Kier molecular flexibility index (Phi) is 4.19. The Morgan fingerprint density at radius 2 is 1.80 bits per heavy atom. The van der Waals surface area contributed by atoms with E-state index in [1.54, 1.807) is 0 Å². The Morgan fingerprint density at radius 1 is 1.10 bits per heavy atom. The highest BCUT2D eigenvalue weighted by atomic mass is 16.5. The number of hydrogen-bond acceptors (Lipinski definition) is 3. The Morgan fingerprint density at radius 3 is 2.35 bits per heavy atom. The summed E-state index contributed by atoms with van der Waals surface area (Å²) in [6.07, 6.45) is 0. The van der Waals surface area contributed by atoms with Crippen molar-refractivity contribution in [1.82, 2.24) is 0 Å². The van der Waals surface area contributed by atoms with E-state index in [-0.39, 0.29) is 5.41 Å². The van der Waals surface area contributed by atoms with Gasteiger partial charge in [-0.05, 0) is 41.7 Å². The molecule has 108 valence electrons. The van der Waals surface area contributed by atoms with Crippen LogP contribution < -0.4 is 10.5 Å². The fraction of sp³-hybridized carbons (Fsp3) is 0.412. The molecule has 0 unspecified atom stereocenters. The van der Waals surface area contributed by atoms with Gasteiger partial charge in [0.15, 0.2) is 0 Å². The Labute approximate surface area is 120 Å². The first-order valence-corrected chi connectivity index (χ1v) is 6.92. The van der Waals surface area contributed by atoms with Crippen LogP contribution in [0.3, 0.4) is 0 Å². The average Bonchev–Trinajstić information content (AvgIpc) is 2.84. The van der Waals surface area contributed by atoms with Gasteiger partial charge in [0.2, 0.25) is 0 Å². The summed E-state index contributed by atoms with van der Waals surface area (Å²) in [7, 11) is 0. The summed E-state index contributed by atoms with van der Waals surface area (Å²) in [5.74, 6) is 2.47. The third kappa shape index (κ3) is 3.42. The van der Waals surface area contributed by atoms with Crippen LogP contribution in [0.2, 0.25) is 0 Å². The van der Waals surface area contributed by atoms with Crippen molar-refractivity contribution in [3.63, 3.8) is 0 Å². The quantitative estimate of drug-likeness (QED) is 0.918. The molecule has 0 radical (unpaired) electrons. The first-order valence-electron chi connectivity index (χ1n) is 6.92. The monoisotopic (exact) mass is 273 g/mol. The SMILES string of the molecule is Cc1cc(C(C)(C)C)ccc1OCc1ccc(CN)o1. The predicted octanol–water partition coefficient (Wildman–Crippen LogP) is 3.92. The fourth-order valence-electron chi connectivity index (χ4n) is 2.04. The summed E-state index contributed by atoms with van der Waals surface area (Å²) < 4.78 is 11.3. The van der Waals surface area contributed by atoms with Crippen molar-refractivity contribution in [3.8, 4) is 5.75 Å². The standard InChI is InChI=1S/C17H23NO2/c1-12-9-13(17(2,3)4)5-8-16(12)19-11-15-7-6-14(10-18)20-15/h5-9H,10-11,18H2,1-4H3. The summed E-state index contributed by atoms with van der Waals surface area (Å²) in [6, 6.07) is 10.1. The predicted molar refractivity (Wildman–Crippen MR) is 80.8 cm³/mol. The van der Waals surface area contributed by atoms with Crippen LogP contribution in [-0.4, -0.2) is 0 Å². The molecule has 3 heteroatoms. The first kappa shape index (κ1) is 14.7. The molecule has 1 heterocycles. The Bertz CT molecular complexity index is 579. The van der Waals surface area contributed by atoms with E-state index < -0.39 is 0 Å². The largest absolute Gasteiger partial charge is 0.485 e. The number of benzene rings is 1. The third-order valence-electron chi connectivity index (χ3n) is 3.33. The molecule has 0 spiro atoms. The number of aryl methyl sites for hydroxylation is 1. The highest BCUT2D eigenvalue weighted by Gasteiger charge is 2.14. The number of hydrogen-bond donors (Lipinski definition) is 1. The van der Waals surface area contributed by atoms with Crippen LogP contribution in [0.5, 0.6) is 5.75 Å². The van der Waals surface area contributed by atoms with Gasteiger partial charge in [0.25, 0.3) is 0 Å². The van der Waals surface area contributed by atoms with Crippen LogP contribution in [0.25, 0.3) is 0 Å². The van der Waals surface area contributed by atoms with E-state index in [1.807, 2.05) is 18.2 Å².